The van der Waals surface area contributed by atoms with Crippen LogP contribution in [0.4, 0.5) is 0 Å². The fraction of sp³-hybridized carbons (Fsp3) is 0.0385. The van der Waals surface area contributed by atoms with E-state index in [9.17, 15) is 0 Å². The summed E-state index contributed by atoms with van der Waals surface area (Å²) in [7, 11) is 0. The molecule has 5 nitrogen and oxygen atoms in total. The van der Waals surface area contributed by atoms with Gasteiger partial charge in [-0.2, -0.15) is 5.26 Å². The third-order valence-electron chi connectivity index (χ3n) is 5.41. The first kappa shape index (κ1) is 21.2. The number of aliphatic imine (C=N–C) groups is 1. The maximum Gasteiger partial charge on any atom is 0.153 e. The van der Waals surface area contributed by atoms with Crippen LogP contribution in [-0.4, -0.2) is 11.2 Å². The summed E-state index contributed by atoms with van der Waals surface area (Å²) in [6, 6.07) is 22.7. The van der Waals surface area contributed by atoms with Crippen LogP contribution in [-0.2, 0) is 5.66 Å². The first-order valence-corrected chi connectivity index (χ1v) is 10.9. The van der Waals surface area contributed by atoms with Gasteiger partial charge in [0.25, 0.3) is 0 Å². The molecular weight excluding hydrogens is 452 g/mol. The van der Waals surface area contributed by atoms with Crippen LogP contribution >= 0.6 is 24.2 Å². The third-order valence-corrected chi connectivity index (χ3v) is 6.24. The number of hydrogen-bond donors (Lipinski definition) is 2. The van der Waals surface area contributed by atoms with Crippen molar-refractivity contribution in [1.29, 1.82) is 5.26 Å². The van der Waals surface area contributed by atoms with E-state index in [2.05, 4.69) is 28.7 Å². The van der Waals surface area contributed by atoms with Gasteiger partial charge in [0.2, 0.25) is 0 Å². The predicted molar refractivity (Wildman–Crippen MR) is 134 cm³/mol. The number of hydrogen-bond acceptors (Lipinski definition) is 6. The molecule has 33 heavy (non-hydrogen) atoms. The summed E-state index contributed by atoms with van der Waals surface area (Å²) in [5.74, 6) is 1.32. The predicted octanol–water partition coefficient (Wildman–Crippen LogP) is 6.12. The highest BCUT2D eigenvalue weighted by molar-refractivity contribution is 7.80. The number of nitrogens with two attached hydrogens (primary N) is 1. The van der Waals surface area contributed by atoms with Crippen molar-refractivity contribution in [2.75, 3.05) is 0 Å². The van der Waals surface area contributed by atoms with Crippen LogP contribution in [0, 0.1) is 11.3 Å². The van der Waals surface area contributed by atoms with Gasteiger partial charge in [-0.1, -0.05) is 29.8 Å². The molecule has 0 saturated carbocycles. The highest BCUT2D eigenvalue weighted by Crippen LogP contribution is 2.34. The smallest absolute Gasteiger partial charge is 0.153 e. The molecule has 0 aliphatic carbocycles. The monoisotopic (exact) mass is 468 g/mol. The average molecular weight is 469 g/mol. The molecule has 7 heteroatoms. The van der Waals surface area contributed by atoms with Gasteiger partial charge in [-0.05, 0) is 65.2 Å². The minimum atomic E-state index is -0.993. The van der Waals surface area contributed by atoms with E-state index in [-0.39, 0.29) is 0 Å². The summed E-state index contributed by atoms with van der Waals surface area (Å²) in [4.78, 5) is 9.59. The molecule has 4 aromatic rings. The molecule has 1 aliphatic heterocycles. The quantitative estimate of drug-likeness (QED) is 0.353. The second kappa shape index (κ2) is 8.38. The molecule has 2 heterocycles. The average Bonchev–Trinajstić information content (AvgIpc) is 3.24. The fourth-order valence-corrected chi connectivity index (χ4v) is 3.96. The standard InChI is InChI=1S/C26H17ClN4OS/c27-23-11-22(6-8-25(23)33)32-21-4-1-17(2-5-21)19-12-26(29,31-15-19)20-3-7-24-18(10-20)9-16(13-28)14-30-24/h1-12,14-15,33H,29H2. The Balaban J connectivity index is 1.39. The first-order valence-electron chi connectivity index (χ1n) is 10.1. The van der Waals surface area contributed by atoms with Crippen molar-refractivity contribution in [3.8, 4) is 17.6 Å². The molecule has 2 N–H and O–H groups in total. The van der Waals surface area contributed by atoms with Gasteiger partial charge in [-0.25, -0.2) is 0 Å². The maximum absolute atomic E-state index is 9.15. The number of ether oxygens (including phenoxy) is 1. The maximum atomic E-state index is 9.15. The first-order chi connectivity index (χ1) is 15.9. The number of nitrogens with zero attached hydrogens (tertiary/aromatic N) is 3. The molecule has 3 aromatic carbocycles. The molecule has 0 amide bonds. The molecular formula is C26H17ClN4OS. The molecule has 5 rings (SSSR count). The van der Waals surface area contributed by atoms with Gasteiger partial charge in [-0.15, -0.1) is 12.6 Å². The second-order valence-electron chi connectivity index (χ2n) is 7.67. The lowest BCUT2D eigenvalue weighted by Gasteiger charge is -2.19. The largest absolute Gasteiger partial charge is 0.457 e. The molecule has 160 valence electrons. The van der Waals surface area contributed by atoms with E-state index in [0.717, 1.165) is 27.6 Å². The van der Waals surface area contributed by atoms with Gasteiger partial charge in [0.15, 0.2) is 5.66 Å². The van der Waals surface area contributed by atoms with Gasteiger partial charge in [-0.3, -0.25) is 9.98 Å². The van der Waals surface area contributed by atoms with E-state index < -0.39 is 5.66 Å². The van der Waals surface area contributed by atoms with Crippen molar-refractivity contribution in [1.82, 2.24) is 4.98 Å². The Hall–Kier alpha value is -3.63. The summed E-state index contributed by atoms with van der Waals surface area (Å²) in [6.45, 7) is 0. The van der Waals surface area contributed by atoms with Gasteiger partial charge in [0.05, 0.1) is 16.1 Å². The summed E-state index contributed by atoms with van der Waals surface area (Å²) in [6.07, 6.45) is 5.26. The molecule has 0 fully saturated rings. The van der Waals surface area contributed by atoms with Crippen molar-refractivity contribution in [2.24, 2.45) is 10.7 Å². The van der Waals surface area contributed by atoms with E-state index in [4.69, 9.17) is 27.3 Å². The summed E-state index contributed by atoms with van der Waals surface area (Å²) >= 11 is 10.4. The van der Waals surface area contributed by atoms with E-state index >= 15 is 0 Å². The SMILES string of the molecule is N#Cc1cnc2ccc(C3(N)C=C(c4ccc(Oc5ccc(S)c(Cl)c5)cc4)C=N3)cc2c1. The van der Waals surface area contributed by atoms with Crippen LogP contribution in [0.25, 0.3) is 16.5 Å². The summed E-state index contributed by atoms with van der Waals surface area (Å²) in [5, 5.41) is 10.5. The van der Waals surface area contributed by atoms with Crippen LogP contribution in [0.15, 0.2) is 88.9 Å². The van der Waals surface area contributed by atoms with Crippen molar-refractivity contribution >= 4 is 46.9 Å². The Bertz CT molecular complexity index is 1490. The third kappa shape index (κ3) is 4.22. The zero-order chi connectivity index (χ0) is 23.0. The Kier molecular flexibility index (Phi) is 5.39. The Labute approximate surface area is 201 Å². The Morgan fingerprint density at radius 3 is 2.55 bits per heavy atom. The van der Waals surface area contributed by atoms with Crippen LogP contribution in [0.1, 0.15) is 16.7 Å². The number of thiol groups is 1. The lowest BCUT2D eigenvalue weighted by molar-refractivity contribution is 0.482. The number of nitriles is 1. The molecule has 0 bridgehead atoms. The second-order valence-corrected chi connectivity index (χ2v) is 8.56. The van der Waals surface area contributed by atoms with E-state index in [1.807, 2.05) is 54.6 Å². The van der Waals surface area contributed by atoms with Crippen LogP contribution in [0.2, 0.25) is 5.02 Å². The molecule has 1 aliphatic rings. The molecule has 0 spiro atoms. The molecule has 0 saturated heterocycles. The van der Waals surface area contributed by atoms with Crippen molar-refractivity contribution in [3.63, 3.8) is 0 Å². The molecule has 1 unspecified atom stereocenters. The van der Waals surface area contributed by atoms with Gasteiger partial charge in [0, 0.05) is 28.8 Å². The zero-order valence-corrected chi connectivity index (χ0v) is 18.9. The molecule has 1 atom stereocenters. The van der Waals surface area contributed by atoms with Gasteiger partial charge < -0.3 is 10.5 Å². The summed E-state index contributed by atoms with van der Waals surface area (Å²) < 4.78 is 5.88. The number of pyridine rings is 1. The van der Waals surface area contributed by atoms with Crippen LogP contribution in [0.5, 0.6) is 11.5 Å². The van der Waals surface area contributed by atoms with Crippen molar-refractivity contribution in [3.05, 3.63) is 101 Å². The number of benzene rings is 3. The normalized spacial score (nSPS) is 17.1. The highest BCUT2D eigenvalue weighted by atomic mass is 35.5. The van der Waals surface area contributed by atoms with Gasteiger partial charge in [0.1, 0.15) is 17.6 Å². The van der Waals surface area contributed by atoms with Gasteiger partial charge >= 0.3 is 0 Å². The topological polar surface area (TPSA) is 84.3 Å². The van der Waals surface area contributed by atoms with E-state index in [1.165, 1.54) is 0 Å². The van der Waals surface area contributed by atoms with E-state index in [0.29, 0.717) is 27.0 Å². The van der Waals surface area contributed by atoms with E-state index in [1.54, 1.807) is 30.6 Å². The summed E-state index contributed by atoms with van der Waals surface area (Å²) in [5.41, 5.74) is 9.64. The number of rotatable bonds is 4. The fourth-order valence-electron chi connectivity index (χ4n) is 3.65. The van der Waals surface area contributed by atoms with Crippen molar-refractivity contribution < 1.29 is 4.74 Å². The van der Waals surface area contributed by atoms with Crippen molar-refractivity contribution in [2.45, 2.75) is 10.6 Å². The minimum Gasteiger partial charge on any atom is -0.457 e. The lowest BCUT2D eigenvalue weighted by atomic mass is 9.96. The number of halogens is 1. The Morgan fingerprint density at radius 1 is 1.00 bits per heavy atom. The van der Waals surface area contributed by atoms with Crippen LogP contribution < -0.4 is 10.5 Å². The molecule has 0 radical (unpaired) electrons. The number of fused-ring (bicyclic) bond motifs is 1. The highest BCUT2D eigenvalue weighted by Gasteiger charge is 2.28. The lowest BCUT2D eigenvalue weighted by Crippen LogP contribution is -2.30. The van der Waals surface area contributed by atoms with Crippen LogP contribution in [0.3, 0.4) is 0 Å². The Morgan fingerprint density at radius 2 is 1.79 bits per heavy atom. The number of aromatic nitrogens is 1. The number of allylic oxidation sites excluding steroid dienone is 1. The molecule has 1 aromatic heterocycles. The minimum absolute atomic E-state index is 0.503. The zero-order valence-electron chi connectivity index (χ0n) is 17.2.